The topological polar surface area (TPSA) is 29.5 Å². The number of halogens is 2. The van der Waals surface area contributed by atoms with Crippen molar-refractivity contribution in [3.8, 4) is 0 Å². The quantitative estimate of drug-likeness (QED) is 0.721. The van der Waals surface area contributed by atoms with Gasteiger partial charge in [0.1, 0.15) is 0 Å². The van der Waals surface area contributed by atoms with E-state index in [0.717, 1.165) is 12.1 Å². The standard InChI is InChI=1S/C15H21F2NO2/c1-5-18(10(2)9-20-4)11(3)15(19)12-6-7-13(16)14(17)8-12/h6-8,10-11H,5,9H2,1-4H3. The third-order valence-corrected chi connectivity index (χ3v) is 3.42. The summed E-state index contributed by atoms with van der Waals surface area (Å²) in [5.41, 5.74) is 0.180. The summed E-state index contributed by atoms with van der Waals surface area (Å²) in [5.74, 6) is -2.18. The number of nitrogens with zero attached hydrogens (tertiary/aromatic N) is 1. The smallest absolute Gasteiger partial charge is 0.179 e. The van der Waals surface area contributed by atoms with Crippen molar-refractivity contribution in [1.82, 2.24) is 4.90 Å². The number of ether oxygens (including phenoxy) is 1. The lowest BCUT2D eigenvalue weighted by Gasteiger charge is -2.32. The van der Waals surface area contributed by atoms with Crippen molar-refractivity contribution in [3.63, 3.8) is 0 Å². The van der Waals surface area contributed by atoms with E-state index in [4.69, 9.17) is 4.74 Å². The lowest BCUT2D eigenvalue weighted by molar-refractivity contribution is 0.0612. The molecule has 0 aliphatic carbocycles. The summed E-state index contributed by atoms with van der Waals surface area (Å²) in [6.45, 7) is 6.84. The van der Waals surface area contributed by atoms with E-state index in [9.17, 15) is 13.6 Å². The molecule has 2 unspecified atom stereocenters. The van der Waals surface area contributed by atoms with Gasteiger partial charge < -0.3 is 4.74 Å². The van der Waals surface area contributed by atoms with Gasteiger partial charge in [-0.05, 0) is 38.6 Å². The Hall–Kier alpha value is -1.33. The molecule has 3 nitrogen and oxygen atoms in total. The minimum Gasteiger partial charge on any atom is -0.383 e. The van der Waals surface area contributed by atoms with Gasteiger partial charge in [-0.25, -0.2) is 8.78 Å². The first-order valence-corrected chi connectivity index (χ1v) is 6.66. The molecule has 5 heteroatoms. The maximum absolute atomic E-state index is 13.2. The van der Waals surface area contributed by atoms with Crippen molar-refractivity contribution in [2.24, 2.45) is 0 Å². The molecule has 2 atom stereocenters. The molecule has 0 aliphatic rings. The molecule has 0 aromatic heterocycles. The van der Waals surface area contributed by atoms with Gasteiger partial charge in [0.25, 0.3) is 0 Å². The number of methoxy groups -OCH3 is 1. The third kappa shape index (κ3) is 3.84. The molecule has 0 heterocycles. The molecular weight excluding hydrogens is 264 g/mol. The fourth-order valence-corrected chi connectivity index (χ4v) is 2.35. The fraction of sp³-hybridized carbons (Fsp3) is 0.533. The number of benzene rings is 1. The molecule has 1 aromatic rings. The molecule has 0 spiro atoms. The number of Topliss-reactive ketones (excluding diaryl/α,β-unsaturated/α-hetero) is 1. The summed E-state index contributed by atoms with van der Waals surface area (Å²) in [6.07, 6.45) is 0. The number of carbonyl (C=O) groups excluding carboxylic acids is 1. The Balaban J connectivity index is 2.90. The Morgan fingerprint density at radius 3 is 2.45 bits per heavy atom. The predicted molar refractivity (Wildman–Crippen MR) is 73.9 cm³/mol. The van der Waals surface area contributed by atoms with Crippen LogP contribution in [0.1, 0.15) is 31.1 Å². The van der Waals surface area contributed by atoms with Crippen molar-refractivity contribution < 1.29 is 18.3 Å². The zero-order valence-electron chi connectivity index (χ0n) is 12.3. The summed E-state index contributed by atoms with van der Waals surface area (Å²) in [5, 5.41) is 0. The Morgan fingerprint density at radius 1 is 1.30 bits per heavy atom. The summed E-state index contributed by atoms with van der Waals surface area (Å²) in [4.78, 5) is 14.3. The summed E-state index contributed by atoms with van der Waals surface area (Å²) < 4.78 is 31.2. The maximum atomic E-state index is 13.2. The monoisotopic (exact) mass is 285 g/mol. The largest absolute Gasteiger partial charge is 0.383 e. The average molecular weight is 285 g/mol. The normalized spacial score (nSPS) is 14.3. The van der Waals surface area contributed by atoms with Gasteiger partial charge in [0.2, 0.25) is 0 Å². The van der Waals surface area contributed by atoms with Crippen LogP contribution in [0.3, 0.4) is 0 Å². The zero-order valence-corrected chi connectivity index (χ0v) is 12.3. The molecule has 112 valence electrons. The molecular formula is C15H21F2NO2. The van der Waals surface area contributed by atoms with Crippen LogP contribution in [0.25, 0.3) is 0 Å². The average Bonchev–Trinajstić information content (AvgIpc) is 2.42. The SMILES string of the molecule is CCN(C(C)COC)C(C)C(=O)c1ccc(F)c(F)c1. The van der Waals surface area contributed by atoms with Crippen LogP contribution >= 0.6 is 0 Å². The lowest BCUT2D eigenvalue weighted by atomic mass is 10.0. The van der Waals surface area contributed by atoms with Gasteiger partial charge in [-0.3, -0.25) is 9.69 Å². The van der Waals surface area contributed by atoms with E-state index in [2.05, 4.69) is 0 Å². The van der Waals surface area contributed by atoms with E-state index in [1.165, 1.54) is 6.07 Å². The molecule has 0 bridgehead atoms. The Labute approximate surface area is 118 Å². The van der Waals surface area contributed by atoms with Gasteiger partial charge in [-0.2, -0.15) is 0 Å². The van der Waals surface area contributed by atoms with Gasteiger partial charge >= 0.3 is 0 Å². The van der Waals surface area contributed by atoms with Gasteiger partial charge in [-0.1, -0.05) is 6.92 Å². The molecule has 20 heavy (non-hydrogen) atoms. The Kier molecular flexibility index (Phi) is 6.23. The lowest BCUT2D eigenvalue weighted by Crippen LogP contribution is -2.46. The number of hydrogen-bond donors (Lipinski definition) is 0. The molecule has 0 radical (unpaired) electrons. The molecule has 0 amide bonds. The first-order valence-electron chi connectivity index (χ1n) is 6.66. The highest BCUT2D eigenvalue weighted by atomic mass is 19.2. The van der Waals surface area contributed by atoms with Crippen LogP contribution in [0.4, 0.5) is 8.78 Å². The molecule has 0 saturated heterocycles. The number of rotatable bonds is 7. The zero-order chi connectivity index (χ0) is 15.3. The van der Waals surface area contributed by atoms with Gasteiger partial charge in [0.05, 0.1) is 12.6 Å². The van der Waals surface area contributed by atoms with E-state index in [0.29, 0.717) is 13.2 Å². The van der Waals surface area contributed by atoms with Gasteiger partial charge in [0, 0.05) is 18.7 Å². The molecule has 1 aromatic carbocycles. The van der Waals surface area contributed by atoms with Crippen molar-refractivity contribution in [2.45, 2.75) is 32.9 Å². The van der Waals surface area contributed by atoms with Gasteiger partial charge in [-0.15, -0.1) is 0 Å². The fourth-order valence-electron chi connectivity index (χ4n) is 2.35. The predicted octanol–water partition coefficient (Wildman–Crippen LogP) is 2.89. The second kappa shape index (κ2) is 7.45. The van der Waals surface area contributed by atoms with E-state index < -0.39 is 17.7 Å². The van der Waals surface area contributed by atoms with Crippen LogP contribution in [0, 0.1) is 11.6 Å². The molecule has 0 saturated carbocycles. The number of ketones is 1. The van der Waals surface area contributed by atoms with Gasteiger partial charge in [0.15, 0.2) is 17.4 Å². The molecule has 0 fully saturated rings. The summed E-state index contributed by atoms with van der Waals surface area (Å²) in [7, 11) is 1.60. The van der Waals surface area contributed by atoms with E-state index in [1.807, 2.05) is 18.7 Å². The highest BCUT2D eigenvalue weighted by molar-refractivity contribution is 5.99. The highest BCUT2D eigenvalue weighted by Crippen LogP contribution is 2.15. The van der Waals surface area contributed by atoms with Crippen LogP contribution in [-0.2, 0) is 4.74 Å². The van der Waals surface area contributed by atoms with Crippen LogP contribution < -0.4 is 0 Å². The van der Waals surface area contributed by atoms with Crippen molar-refractivity contribution in [2.75, 3.05) is 20.3 Å². The van der Waals surface area contributed by atoms with E-state index in [1.54, 1.807) is 14.0 Å². The van der Waals surface area contributed by atoms with Crippen LogP contribution in [0.5, 0.6) is 0 Å². The second-order valence-corrected chi connectivity index (χ2v) is 4.80. The van der Waals surface area contributed by atoms with Crippen LogP contribution in [0.15, 0.2) is 18.2 Å². The summed E-state index contributed by atoms with van der Waals surface area (Å²) in [6, 6.07) is 2.88. The number of likely N-dealkylation sites (N-methyl/N-ethyl adjacent to an activating group) is 1. The van der Waals surface area contributed by atoms with Crippen LogP contribution in [-0.4, -0.2) is 43.0 Å². The van der Waals surface area contributed by atoms with Crippen molar-refractivity contribution >= 4 is 5.78 Å². The second-order valence-electron chi connectivity index (χ2n) is 4.80. The van der Waals surface area contributed by atoms with E-state index >= 15 is 0 Å². The minimum atomic E-state index is -1.00. The van der Waals surface area contributed by atoms with Crippen LogP contribution in [0.2, 0.25) is 0 Å². The summed E-state index contributed by atoms with van der Waals surface area (Å²) >= 11 is 0. The number of carbonyl (C=O) groups is 1. The van der Waals surface area contributed by atoms with Crippen molar-refractivity contribution in [3.05, 3.63) is 35.4 Å². The molecule has 0 N–H and O–H groups in total. The van der Waals surface area contributed by atoms with E-state index in [-0.39, 0.29) is 17.4 Å². The minimum absolute atomic E-state index is 0.0641. The molecule has 0 aliphatic heterocycles. The third-order valence-electron chi connectivity index (χ3n) is 3.42. The maximum Gasteiger partial charge on any atom is 0.179 e. The number of hydrogen-bond acceptors (Lipinski definition) is 3. The highest BCUT2D eigenvalue weighted by Gasteiger charge is 2.25. The Bertz CT molecular complexity index is 465. The molecule has 1 rings (SSSR count). The first-order chi connectivity index (χ1) is 9.42. The van der Waals surface area contributed by atoms with Crippen molar-refractivity contribution in [1.29, 1.82) is 0 Å². The first kappa shape index (κ1) is 16.7. The Morgan fingerprint density at radius 2 is 1.95 bits per heavy atom.